The predicted octanol–water partition coefficient (Wildman–Crippen LogP) is 1.27. The summed E-state index contributed by atoms with van der Waals surface area (Å²) < 4.78 is 5.43. The van der Waals surface area contributed by atoms with Crippen molar-refractivity contribution in [2.45, 2.75) is 32.2 Å². The largest absolute Gasteiger partial charge is 0.484 e. The minimum Gasteiger partial charge on any atom is -0.484 e. The van der Waals surface area contributed by atoms with Crippen molar-refractivity contribution >= 4 is 17.5 Å². The molecule has 22 heavy (non-hydrogen) atoms. The van der Waals surface area contributed by atoms with Crippen LogP contribution in [0.5, 0.6) is 5.75 Å². The molecule has 0 bridgehead atoms. The third-order valence-corrected chi connectivity index (χ3v) is 3.34. The SMILES string of the molecule is CC(N)CCNC(=O)COc1cccc(NC(=O)C2CC2)c1. The lowest BCUT2D eigenvalue weighted by Gasteiger charge is -2.10. The molecule has 2 amide bonds. The average Bonchev–Trinajstić information content (AvgIpc) is 3.30. The van der Waals surface area contributed by atoms with Crippen molar-refractivity contribution in [2.75, 3.05) is 18.5 Å². The number of rotatable bonds is 8. The van der Waals surface area contributed by atoms with E-state index in [9.17, 15) is 9.59 Å². The molecule has 1 aromatic carbocycles. The number of hydrogen-bond donors (Lipinski definition) is 3. The topological polar surface area (TPSA) is 93.4 Å². The highest BCUT2D eigenvalue weighted by Gasteiger charge is 2.29. The van der Waals surface area contributed by atoms with Crippen LogP contribution in [0.1, 0.15) is 26.2 Å². The molecule has 0 aromatic heterocycles. The maximum Gasteiger partial charge on any atom is 0.257 e. The molecule has 1 atom stereocenters. The molecule has 1 saturated carbocycles. The van der Waals surface area contributed by atoms with Gasteiger partial charge in [-0.1, -0.05) is 6.07 Å². The molecule has 0 radical (unpaired) electrons. The quantitative estimate of drug-likeness (QED) is 0.674. The molecule has 1 unspecified atom stereocenters. The van der Waals surface area contributed by atoms with E-state index in [1.807, 2.05) is 6.92 Å². The first-order valence-electron chi connectivity index (χ1n) is 7.60. The molecule has 0 aliphatic heterocycles. The summed E-state index contributed by atoms with van der Waals surface area (Å²) in [5.41, 5.74) is 6.30. The van der Waals surface area contributed by atoms with E-state index in [1.165, 1.54) is 0 Å². The zero-order valence-electron chi connectivity index (χ0n) is 12.8. The average molecular weight is 305 g/mol. The van der Waals surface area contributed by atoms with Crippen molar-refractivity contribution in [1.29, 1.82) is 0 Å². The van der Waals surface area contributed by atoms with E-state index in [0.29, 0.717) is 18.0 Å². The molecule has 4 N–H and O–H groups in total. The summed E-state index contributed by atoms with van der Waals surface area (Å²) in [6, 6.07) is 7.12. The van der Waals surface area contributed by atoms with Crippen LogP contribution in [0.25, 0.3) is 0 Å². The fourth-order valence-electron chi connectivity index (χ4n) is 1.89. The van der Waals surface area contributed by atoms with Crippen LogP contribution in [0.2, 0.25) is 0 Å². The Morgan fingerprint density at radius 3 is 2.86 bits per heavy atom. The zero-order valence-corrected chi connectivity index (χ0v) is 12.8. The summed E-state index contributed by atoms with van der Waals surface area (Å²) in [4.78, 5) is 23.3. The number of carbonyl (C=O) groups is 2. The molecular formula is C16H23N3O3. The highest BCUT2D eigenvalue weighted by molar-refractivity contribution is 5.94. The molecule has 1 aliphatic carbocycles. The molecule has 2 rings (SSSR count). The molecule has 6 nitrogen and oxygen atoms in total. The van der Waals surface area contributed by atoms with Gasteiger partial charge in [-0.05, 0) is 38.3 Å². The molecule has 1 fully saturated rings. The van der Waals surface area contributed by atoms with Gasteiger partial charge in [0.2, 0.25) is 5.91 Å². The number of anilines is 1. The van der Waals surface area contributed by atoms with Crippen LogP contribution in [0.4, 0.5) is 5.69 Å². The number of ether oxygens (including phenoxy) is 1. The number of nitrogens with two attached hydrogens (primary N) is 1. The molecule has 0 saturated heterocycles. The van der Waals surface area contributed by atoms with Crippen LogP contribution < -0.4 is 21.1 Å². The maximum absolute atomic E-state index is 11.7. The molecule has 1 aliphatic rings. The van der Waals surface area contributed by atoms with Crippen LogP contribution in [-0.2, 0) is 9.59 Å². The van der Waals surface area contributed by atoms with Gasteiger partial charge in [0.1, 0.15) is 5.75 Å². The summed E-state index contributed by atoms with van der Waals surface area (Å²) in [6.45, 7) is 2.38. The van der Waals surface area contributed by atoms with Crippen molar-refractivity contribution in [1.82, 2.24) is 5.32 Å². The fourth-order valence-corrected chi connectivity index (χ4v) is 1.89. The van der Waals surface area contributed by atoms with Crippen LogP contribution in [0.15, 0.2) is 24.3 Å². The lowest BCUT2D eigenvalue weighted by atomic mass is 10.2. The van der Waals surface area contributed by atoms with Crippen LogP contribution >= 0.6 is 0 Å². The number of amides is 2. The van der Waals surface area contributed by atoms with E-state index in [1.54, 1.807) is 24.3 Å². The Labute approximate surface area is 130 Å². The molecule has 1 aromatic rings. The highest BCUT2D eigenvalue weighted by atomic mass is 16.5. The minimum atomic E-state index is -0.187. The Morgan fingerprint density at radius 1 is 1.41 bits per heavy atom. The minimum absolute atomic E-state index is 0.0470. The summed E-state index contributed by atoms with van der Waals surface area (Å²) >= 11 is 0. The predicted molar refractivity (Wildman–Crippen MR) is 84.6 cm³/mol. The van der Waals surface area contributed by atoms with Crippen LogP contribution in [0.3, 0.4) is 0 Å². The third kappa shape index (κ3) is 5.73. The fraction of sp³-hybridized carbons (Fsp3) is 0.500. The van der Waals surface area contributed by atoms with Gasteiger partial charge in [-0.3, -0.25) is 9.59 Å². The summed E-state index contributed by atoms with van der Waals surface area (Å²) in [5.74, 6) is 0.565. The standard InChI is InChI=1S/C16H23N3O3/c1-11(17)7-8-18-15(20)10-22-14-4-2-3-13(9-14)19-16(21)12-5-6-12/h2-4,9,11-12H,5-8,10,17H2,1H3,(H,18,20)(H,19,21). The Kier molecular flexibility index (Phi) is 5.77. The second kappa shape index (κ2) is 7.79. The summed E-state index contributed by atoms with van der Waals surface area (Å²) in [5, 5.41) is 5.59. The number of carbonyl (C=O) groups excluding carboxylic acids is 2. The first-order valence-corrected chi connectivity index (χ1v) is 7.60. The lowest BCUT2D eigenvalue weighted by molar-refractivity contribution is -0.123. The lowest BCUT2D eigenvalue weighted by Crippen LogP contribution is -2.32. The Balaban J connectivity index is 1.75. The first-order chi connectivity index (χ1) is 10.5. The van der Waals surface area contributed by atoms with E-state index >= 15 is 0 Å². The van der Waals surface area contributed by atoms with Gasteiger partial charge in [-0.25, -0.2) is 0 Å². The third-order valence-electron chi connectivity index (χ3n) is 3.34. The molecular weight excluding hydrogens is 282 g/mol. The first kappa shape index (κ1) is 16.3. The van der Waals surface area contributed by atoms with Crippen LogP contribution in [-0.4, -0.2) is 31.0 Å². The van der Waals surface area contributed by atoms with Gasteiger partial charge in [0, 0.05) is 30.3 Å². The summed E-state index contributed by atoms with van der Waals surface area (Å²) in [7, 11) is 0. The van der Waals surface area contributed by atoms with E-state index in [0.717, 1.165) is 19.3 Å². The number of benzene rings is 1. The smallest absolute Gasteiger partial charge is 0.257 e. The Bertz CT molecular complexity index is 527. The molecule has 6 heteroatoms. The Morgan fingerprint density at radius 2 is 2.18 bits per heavy atom. The van der Waals surface area contributed by atoms with Gasteiger partial charge < -0.3 is 21.1 Å². The van der Waals surface area contributed by atoms with Gasteiger partial charge in [-0.2, -0.15) is 0 Å². The van der Waals surface area contributed by atoms with Gasteiger partial charge in [-0.15, -0.1) is 0 Å². The van der Waals surface area contributed by atoms with Crippen molar-refractivity contribution in [3.05, 3.63) is 24.3 Å². The molecule has 0 spiro atoms. The van der Waals surface area contributed by atoms with E-state index in [-0.39, 0.29) is 30.4 Å². The second-order valence-corrected chi connectivity index (χ2v) is 5.70. The van der Waals surface area contributed by atoms with E-state index in [2.05, 4.69) is 10.6 Å². The van der Waals surface area contributed by atoms with Gasteiger partial charge in [0.15, 0.2) is 6.61 Å². The van der Waals surface area contributed by atoms with E-state index in [4.69, 9.17) is 10.5 Å². The molecule has 0 heterocycles. The van der Waals surface area contributed by atoms with Crippen LogP contribution in [0, 0.1) is 5.92 Å². The number of nitrogens with one attached hydrogen (secondary N) is 2. The Hall–Kier alpha value is -2.08. The maximum atomic E-state index is 11.7. The monoisotopic (exact) mass is 305 g/mol. The van der Waals surface area contributed by atoms with E-state index < -0.39 is 0 Å². The van der Waals surface area contributed by atoms with Crippen molar-refractivity contribution in [2.24, 2.45) is 11.7 Å². The van der Waals surface area contributed by atoms with Crippen molar-refractivity contribution < 1.29 is 14.3 Å². The normalized spacial score (nSPS) is 15.0. The van der Waals surface area contributed by atoms with Crippen molar-refractivity contribution in [3.8, 4) is 5.75 Å². The van der Waals surface area contributed by atoms with Crippen molar-refractivity contribution in [3.63, 3.8) is 0 Å². The van der Waals surface area contributed by atoms with Gasteiger partial charge >= 0.3 is 0 Å². The molecule has 120 valence electrons. The summed E-state index contributed by atoms with van der Waals surface area (Å²) in [6.07, 6.45) is 2.65. The number of hydrogen-bond acceptors (Lipinski definition) is 4. The highest BCUT2D eigenvalue weighted by Crippen LogP contribution is 2.30. The van der Waals surface area contributed by atoms with Gasteiger partial charge in [0.25, 0.3) is 5.91 Å². The van der Waals surface area contributed by atoms with Gasteiger partial charge in [0.05, 0.1) is 0 Å². The zero-order chi connectivity index (χ0) is 15.9. The second-order valence-electron chi connectivity index (χ2n) is 5.70.